The Bertz CT molecular complexity index is 667. The molecule has 0 spiro atoms. The van der Waals surface area contributed by atoms with Gasteiger partial charge in [-0.05, 0) is 37.3 Å². The van der Waals surface area contributed by atoms with Gasteiger partial charge in [0.2, 0.25) is 15.8 Å². The van der Waals surface area contributed by atoms with E-state index >= 15 is 0 Å². The molecule has 1 aliphatic rings. The summed E-state index contributed by atoms with van der Waals surface area (Å²) in [6.07, 6.45) is 1.50. The molecule has 0 saturated carbocycles. The third kappa shape index (κ3) is 3.06. The van der Waals surface area contributed by atoms with Gasteiger partial charge in [-0.25, -0.2) is 8.42 Å². The summed E-state index contributed by atoms with van der Waals surface area (Å²) in [6, 6.07) is 1.72. The Kier molecular flexibility index (Phi) is 4.29. The van der Waals surface area contributed by atoms with Crippen LogP contribution in [0.25, 0.3) is 0 Å². The molecule has 1 aliphatic heterocycles. The Morgan fingerprint density at radius 1 is 1.33 bits per heavy atom. The van der Waals surface area contributed by atoms with E-state index in [1.165, 1.54) is 11.2 Å². The number of benzene rings is 1. The number of nitrogens with zero attached hydrogens (tertiary/aromatic N) is 2. The minimum absolute atomic E-state index is 0.178. The SMILES string of the molecule is Cc1cc(F)c([N+](=O)[O-])cc1S(=O)(=O)N1CCC(C)CC1. The fourth-order valence-electron chi connectivity index (χ4n) is 2.42. The van der Waals surface area contributed by atoms with Gasteiger partial charge in [0, 0.05) is 19.2 Å². The van der Waals surface area contributed by atoms with Gasteiger partial charge < -0.3 is 0 Å². The molecular formula is C13H17FN2O4S. The molecule has 0 radical (unpaired) electrons. The monoisotopic (exact) mass is 316 g/mol. The Hall–Kier alpha value is -1.54. The van der Waals surface area contributed by atoms with E-state index in [-0.39, 0.29) is 10.5 Å². The van der Waals surface area contributed by atoms with Crippen molar-refractivity contribution >= 4 is 15.7 Å². The lowest BCUT2D eigenvalue weighted by molar-refractivity contribution is -0.387. The largest absolute Gasteiger partial charge is 0.306 e. The molecule has 116 valence electrons. The molecule has 8 heteroatoms. The molecule has 1 saturated heterocycles. The van der Waals surface area contributed by atoms with Crippen LogP contribution in [0, 0.1) is 28.8 Å². The van der Waals surface area contributed by atoms with E-state index in [0.717, 1.165) is 25.0 Å². The first-order chi connectivity index (χ1) is 9.73. The number of halogens is 1. The van der Waals surface area contributed by atoms with E-state index in [0.29, 0.717) is 19.0 Å². The van der Waals surface area contributed by atoms with E-state index in [9.17, 15) is 22.9 Å². The predicted octanol–water partition coefficient (Wildman–Crippen LogP) is 2.46. The van der Waals surface area contributed by atoms with Gasteiger partial charge in [0.05, 0.1) is 9.82 Å². The molecule has 6 nitrogen and oxygen atoms in total. The van der Waals surface area contributed by atoms with Gasteiger partial charge in [0.1, 0.15) is 0 Å². The minimum atomic E-state index is -3.83. The third-order valence-corrected chi connectivity index (χ3v) is 5.84. The summed E-state index contributed by atoms with van der Waals surface area (Å²) in [5.41, 5.74) is -0.638. The van der Waals surface area contributed by atoms with Gasteiger partial charge in [0.15, 0.2) is 0 Å². The molecule has 0 aliphatic carbocycles. The van der Waals surface area contributed by atoms with Gasteiger partial charge in [-0.2, -0.15) is 8.70 Å². The van der Waals surface area contributed by atoms with E-state index in [4.69, 9.17) is 0 Å². The molecule has 1 aromatic rings. The highest BCUT2D eigenvalue weighted by molar-refractivity contribution is 7.89. The first-order valence-electron chi connectivity index (χ1n) is 6.68. The number of sulfonamides is 1. The molecular weight excluding hydrogens is 299 g/mol. The zero-order valence-electron chi connectivity index (χ0n) is 11.9. The number of rotatable bonds is 3. The zero-order chi connectivity index (χ0) is 15.8. The van der Waals surface area contributed by atoms with Gasteiger partial charge >= 0.3 is 5.69 Å². The maximum absolute atomic E-state index is 13.5. The first-order valence-corrected chi connectivity index (χ1v) is 8.12. The van der Waals surface area contributed by atoms with Crippen LogP contribution in [-0.4, -0.2) is 30.7 Å². The molecule has 0 N–H and O–H groups in total. The second kappa shape index (κ2) is 5.69. The Morgan fingerprint density at radius 3 is 2.43 bits per heavy atom. The zero-order valence-corrected chi connectivity index (χ0v) is 12.7. The van der Waals surface area contributed by atoms with Crippen molar-refractivity contribution in [1.82, 2.24) is 4.31 Å². The molecule has 0 aromatic heterocycles. The van der Waals surface area contributed by atoms with Crippen LogP contribution < -0.4 is 0 Å². The van der Waals surface area contributed by atoms with Crippen molar-refractivity contribution in [3.8, 4) is 0 Å². The van der Waals surface area contributed by atoms with Crippen molar-refractivity contribution in [3.63, 3.8) is 0 Å². The van der Waals surface area contributed by atoms with Gasteiger partial charge in [-0.3, -0.25) is 10.1 Å². The summed E-state index contributed by atoms with van der Waals surface area (Å²) < 4.78 is 40.0. The van der Waals surface area contributed by atoms with Gasteiger partial charge in [0.25, 0.3) is 0 Å². The van der Waals surface area contributed by atoms with E-state index in [1.54, 1.807) is 0 Å². The topological polar surface area (TPSA) is 80.5 Å². The Labute approximate surface area is 122 Å². The molecule has 0 bridgehead atoms. The van der Waals surface area contributed by atoms with Crippen LogP contribution in [-0.2, 0) is 10.0 Å². The molecule has 2 rings (SSSR count). The summed E-state index contributed by atoms with van der Waals surface area (Å²) in [5, 5.41) is 10.8. The minimum Gasteiger partial charge on any atom is -0.258 e. The standard InChI is InChI=1S/C13H17FN2O4S/c1-9-3-5-15(6-4-9)21(19,20)13-8-12(16(17)18)11(14)7-10(13)2/h7-9H,3-6H2,1-2H3. The summed E-state index contributed by atoms with van der Waals surface area (Å²) in [6.45, 7) is 4.26. The summed E-state index contributed by atoms with van der Waals surface area (Å²) in [4.78, 5) is 9.69. The Balaban J connectivity index is 2.45. The van der Waals surface area contributed by atoms with Crippen molar-refractivity contribution in [2.75, 3.05) is 13.1 Å². The third-order valence-electron chi connectivity index (χ3n) is 3.80. The number of nitro groups is 1. The van der Waals surface area contributed by atoms with Gasteiger partial charge in [-0.15, -0.1) is 0 Å². The number of nitro benzene ring substituents is 1. The summed E-state index contributed by atoms with van der Waals surface area (Å²) in [5.74, 6) is -0.566. The number of aryl methyl sites for hydroxylation is 1. The van der Waals surface area contributed by atoms with Crippen molar-refractivity contribution in [3.05, 3.63) is 33.6 Å². The van der Waals surface area contributed by atoms with E-state index < -0.39 is 26.5 Å². The van der Waals surface area contributed by atoms with Crippen LogP contribution in [0.2, 0.25) is 0 Å². The normalized spacial score (nSPS) is 17.9. The molecule has 1 aromatic carbocycles. The molecule has 1 heterocycles. The molecule has 0 amide bonds. The summed E-state index contributed by atoms with van der Waals surface area (Å²) >= 11 is 0. The number of piperidine rings is 1. The molecule has 21 heavy (non-hydrogen) atoms. The van der Waals surface area contributed by atoms with E-state index in [1.807, 2.05) is 0 Å². The van der Waals surface area contributed by atoms with Crippen LogP contribution >= 0.6 is 0 Å². The van der Waals surface area contributed by atoms with Crippen LogP contribution in [0.3, 0.4) is 0 Å². The lowest BCUT2D eigenvalue weighted by Crippen LogP contribution is -2.38. The van der Waals surface area contributed by atoms with Crippen LogP contribution in [0.15, 0.2) is 17.0 Å². The summed E-state index contributed by atoms with van der Waals surface area (Å²) in [7, 11) is -3.83. The van der Waals surface area contributed by atoms with Crippen molar-refractivity contribution < 1.29 is 17.7 Å². The highest BCUT2D eigenvalue weighted by Gasteiger charge is 2.31. The average molecular weight is 316 g/mol. The number of hydrogen-bond acceptors (Lipinski definition) is 4. The van der Waals surface area contributed by atoms with Gasteiger partial charge in [-0.1, -0.05) is 6.92 Å². The second-order valence-corrected chi connectivity index (χ2v) is 7.32. The Morgan fingerprint density at radius 2 is 1.90 bits per heavy atom. The lowest BCUT2D eigenvalue weighted by atomic mass is 10.0. The maximum Gasteiger partial charge on any atom is 0.306 e. The van der Waals surface area contributed by atoms with Crippen molar-refractivity contribution in [2.45, 2.75) is 31.6 Å². The maximum atomic E-state index is 13.5. The quantitative estimate of drug-likeness (QED) is 0.633. The highest BCUT2D eigenvalue weighted by Crippen LogP contribution is 2.29. The lowest BCUT2D eigenvalue weighted by Gasteiger charge is -2.29. The fourth-order valence-corrected chi connectivity index (χ4v) is 4.12. The first kappa shape index (κ1) is 15.8. The second-order valence-electron chi connectivity index (χ2n) is 5.41. The van der Waals surface area contributed by atoms with Crippen molar-refractivity contribution in [1.29, 1.82) is 0 Å². The van der Waals surface area contributed by atoms with Crippen molar-refractivity contribution in [2.24, 2.45) is 5.92 Å². The fraction of sp³-hybridized carbons (Fsp3) is 0.538. The predicted molar refractivity (Wildman–Crippen MR) is 74.9 cm³/mol. The molecule has 0 atom stereocenters. The molecule has 0 unspecified atom stereocenters. The van der Waals surface area contributed by atoms with E-state index in [2.05, 4.69) is 6.92 Å². The van der Waals surface area contributed by atoms with Crippen LogP contribution in [0.4, 0.5) is 10.1 Å². The average Bonchev–Trinajstić information content (AvgIpc) is 2.38. The molecule has 1 fully saturated rings. The smallest absolute Gasteiger partial charge is 0.258 e. The number of hydrogen-bond donors (Lipinski definition) is 0. The van der Waals surface area contributed by atoms with Crippen LogP contribution in [0.1, 0.15) is 25.3 Å². The van der Waals surface area contributed by atoms with Crippen LogP contribution in [0.5, 0.6) is 0 Å². The highest BCUT2D eigenvalue weighted by atomic mass is 32.2.